The van der Waals surface area contributed by atoms with Crippen LogP contribution in [0, 0.1) is 34.0 Å². The molecule has 2 unspecified atom stereocenters. The molecule has 2 heterocycles. The summed E-state index contributed by atoms with van der Waals surface area (Å²) in [6, 6.07) is 49.8. The SMILES string of the molecule is N#Cc1ccc2c(c1)c1ccccc1n2-c1c(C#N)cccc1-c1cccc(-c2cccc(N3c4ccccc4C4C=CC=CC43)c2)c1C#N. The summed E-state index contributed by atoms with van der Waals surface area (Å²) in [5.74, 6) is 0.274. The second kappa shape index (κ2) is 11.5. The number of rotatable bonds is 4. The summed E-state index contributed by atoms with van der Waals surface area (Å²) in [7, 11) is 0. The molecule has 7 aromatic rings. The van der Waals surface area contributed by atoms with Crippen LogP contribution in [0.2, 0.25) is 0 Å². The lowest BCUT2D eigenvalue weighted by Gasteiger charge is -2.29. The van der Waals surface area contributed by atoms with Gasteiger partial charge in [-0.15, -0.1) is 0 Å². The molecule has 232 valence electrons. The van der Waals surface area contributed by atoms with Gasteiger partial charge in [0.05, 0.1) is 45.5 Å². The number of hydrogen-bond acceptors (Lipinski definition) is 4. The van der Waals surface area contributed by atoms with Crippen LogP contribution < -0.4 is 4.90 Å². The van der Waals surface area contributed by atoms with Gasteiger partial charge in [-0.2, -0.15) is 15.8 Å². The summed E-state index contributed by atoms with van der Waals surface area (Å²) < 4.78 is 2.10. The van der Waals surface area contributed by atoms with Crippen molar-refractivity contribution in [3.05, 3.63) is 174 Å². The van der Waals surface area contributed by atoms with Crippen molar-refractivity contribution < 1.29 is 0 Å². The minimum atomic E-state index is 0.168. The molecule has 1 aliphatic heterocycles. The Bertz CT molecular complexity index is 2720. The largest absolute Gasteiger partial charge is 0.333 e. The lowest BCUT2D eigenvalue weighted by Crippen LogP contribution is -2.28. The molecule has 6 aromatic carbocycles. The Morgan fingerprint density at radius 3 is 2.20 bits per heavy atom. The van der Waals surface area contributed by atoms with Crippen LogP contribution in [-0.2, 0) is 0 Å². The van der Waals surface area contributed by atoms with Gasteiger partial charge in [0.25, 0.3) is 0 Å². The highest BCUT2D eigenvalue weighted by Gasteiger charge is 2.37. The monoisotopic (exact) mass is 637 g/mol. The first-order chi connectivity index (χ1) is 24.7. The van der Waals surface area contributed by atoms with Crippen molar-refractivity contribution >= 4 is 33.2 Å². The van der Waals surface area contributed by atoms with Gasteiger partial charge in [-0.05, 0) is 59.7 Å². The van der Waals surface area contributed by atoms with E-state index in [0.29, 0.717) is 22.4 Å². The topological polar surface area (TPSA) is 79.5 Å². The first kappa shape index (κ1) is 29.0. The molecule has 9 rings (SSSR count). The van der Waals surface area contributed by atoms with Crippen molar-refractivity contribution in [1.29, 1.82) is 15.8 Å². The lowest BCUT2D eigenvalue weighted by molar-refractivity contribution is 0.745. The Morgan fingerprint density at radius 2 is 1.32 bits per heavy atom. The van der Waals surface area contributed by atoms with Crippen LogP contribution >= 0.6 is 0 Å². The van der Waals surface area contributed by atoms with Crippen molar-refractivity contribution in [2.75, 3.05) is 4.90 Å². The van der Waals surface area contributed by atoms with E-state index in [0.717, 1.165) is 49.7 Å². The van der Waals surface area contributed by atoms with E-state index in [4.69, 9.17) is 0 Å². The number of nitriles is 3. The van der Waals surface area contributed by atoms with Gasteiger partial charge in [0.1, 0.15) is 12.1 Å². The predicted octanol–water partition coefficient (Wildman–Crippen LogP) is 10.5. The number of fused-ring (bicyclic) bond motifs is 6. The summed E-state index contributed by atoms with van der Waals surface area (Å²) in [6.07, 6.45) is 8.78. The molecule has 0 saturated carbocycles. The van der Waals surface area contributed by atoms with Crippen LogP contribution in [0.1, 0.15) is 28.2 Å². The number of allylic oxidation sites excluding steroid dienone is 2. The number of anilines is 2. The van der Waals surface area contributed by atoms with Crippen LogP contribution in [0.15, 0.2) is 152 Å². The maximum atomic E-state index is 10.9. The van der Waals surface area contributed by atoms with E-state index in [1.807, 2.05) is 72.8 Å². The van der Waals surface area contributed by atoms with E-state index in [2.05, 4.69) is 101 Å². The van der Waals surface area contributed by atoms with Gasteiger partial charge in [0.2, 0.25) is 0 Å². The van der Waals surface area contributed by atoms with E-state index in [-0.39, 0.29) is 12.0 Å². The van der Waals surface area contributed by atoms with E-state index in [9.17, 15) is 15.8 Å². The van der Waals surface area contributed by atoms with E-state index < -0.39 is 0 Å². The normalized spacial score (nSPS) is 15.7. The smallest absolute Gasteiger partial charge is 0.101 e. The standard InChI is InChI=1S/C45H27N5/c46-26-29-22-23-44-39(24-29)37-15-3-6-21-43(37)50(44)45-31(27-47)11-8-18-38(45)34-17-9-16-33(40(34)28-48)30-10-7-12-32(25-30)49-41-19-4-1-13-35(41)36-14-2-5-20-42(36)49/h1-25,35,41H. The number of hydrogen-bond donors (Lipinski definition) is 0. The minimum absolute atomic E-state index is 0.168. The van der Waals surface area contributed by atoms with Gasteiger partial charge in [0, 0.05) is 44.8 Å². The van der Waals surface area contributed by atoms with Crippen LogP contribution in [0.5, 0.6) is 0 Å². The molecule has 0 saturated heterocycles. The Kier molecular flexibility index (Phi) is 6.70. The molecule has 0 amide bonds. The van der Waals surface area contributed by atoms with Gasteiger partial charge in [0.15, 0.2) is 0 Å². The summed E-state index contributed by atoms with van der Waals surface area (Å²) in [5.41, 5.74) is 10.9. The molecule has 5 nitrogen and oxygen atoms in total. The van der Waals surface area contributed by atoms with Crippen LogP contribution in [-0.4, -0.2) is 10.6 Å². The third kappa shape index (κ3) is 4.30. The zero-order valence-electron chi connectivity index (χ0n) is 26.8. The zero-order valence-corrected chi connectivity index (χ0v) is 26.8. The average molecular weight is 638 g/mol. The van der Waals surface area contributed by atoms with E-state index in [1.165, 1.54) is 11.3 Å². The summed E-state index contributed by atoms with van der Waals surface area (Å²) >= 11 is 0. The summed E-state index contributed by atoms with van der Waals surface area (Å²) in [5, 5.41) is 32.9. The number of aromatic nitrogens is 1. The molecule has 0 radical (unpaired) electrons. The van der Waals surface area contributed by atoms with Crippen LogP contribution in [0.25, 0.3) is 49.7 Å². The average Bonchev–Trinajstić information content (AvgIpc) is 3.69. The molecule has 5 heteroatoms. The van der Waals surface area contributed by atoms with Gasteiger partial charge in [-0.3, -0.25) is 0 Å². The molecular formula is C45H27N5. The van der Waals surface area contributed by atoms with Crippen molar-refractivity contribution in [3.63, 3.8) is 0 Å². The van der Waals surface area contributed by atoms with E-state index in [1.54, 1.807) is 6.07 Å². The second-order valence-corrected chi connectivity index (χ2v) is 12.6. The number of benzene rings is 6. The highest BCUT2D eigenvalue weighted by molar-refractivity contribution is 6.10. The third-order valence-electron chi connectivity index (χ3n) is 10.0. The second-order valence-electron chi connectivity index (χ2n) is 12.6. The maximum absolute atomic E-state index is 10.9. The van der Waals surface area contributed by atoms with Gasteiger partial charge in [-0.25, -0.2) is 0 Å². The molecule has 2 atom stereocenters. The predicted molar refractivity (Wildman–Crippen MR) is 199 cm³/mol. The summed E-state index contributed by atoms with van der Waals surface area (Å²) in [4.78, 5) is 2.40. The quantitative estimate of drug-likeness (QED) is 0.192. The van der Waals surface area contributed by atoms with E-state index >= 15 is 0 Å². The molecule has 50 heavy (non-hydrogen) atoms. The third-order valence-corrected chi connectivity index (χ3v) is 10.0. The fourth-order valence-electron chi connectivity index (χ4n) is 7.93. The number of nitrogens with zero attached hydrogens (tertiary/aromatic N) is 5. The molecule has 0 spiro atoms. The Morgan fingerprint density at radius 1 is 0.560 bits per heavy atom. The Balaban J connectivity index is 1.24. The first-order valence-corrected chi connectivity index (χ1v) is 16.5. The highest BCUT2D eigenvalue weighted by Crippen LogP contribution is 2.48. The zero-order chi connectivity index (χ0) is 33.8. The molecular weight excluding hydrogens is 611 g/mol. The molecule has 1 aromatic heterocycles. The number of para-hydroxylation sites is 3. The van der Waals surface area contributed by atoms with Crippen molar-refractivity contribution in [2.24, 2.45) is 0 Å². The van der Waals surface area contributed by atoms with Gasteiger partial charge >= 0.3 is 0 Å². The van der Waals surface area contributed by atoms with Crippen molar-refractivity contribution in [2.45, 2.75) is 12.0 Å². The Hall–Kier alpha value is -7.13. The van der Waals surface area contributed by atoms with Crippen molar-refractivity contribution in [1.82, 2.24) is 4.57 Å². The molecule has 2 aliphatic rings. The molecule has 0 fully saturated rings. The maximum Gasteiger partial charge on any atom is 0.101 e. The molecule has 0 N–H and O–H groups in total. The highest BCUT2D eigenvalue weighted by atomic mass is 15.2. The summed E-state index contributed by atoms with van der Waals surface area (Å²) in [6.45, 7) is 0. The van der Waals surface area contributed by atoms with Crippen LogP contribution in [0.4, 0.5) is 11.4 Å². The van der Waals surface area contributed by atoms with Crippen molar-refractivity contribution in [3.8, 4) is 46.1 Å². The molecule has 1 aliphatic carbocycles. The lowest BCUT2D eigenvalue weighted by atomic mass is 9.90. The van der Waals surface area contributed by atoms with Crippen LogP contribution in [0.3, 0.4) is 0 Å². The van der Waals surface area contributed by atoms with Gasteiger partial charge in [-0.1, -0.05) is 103 Å². The first-order valence-electron chi connectivity index (χ1n) is 16.5. The molecule has 0 bridgehead atoms. The Labute approximate surface area is 289 Å². The van der Waals surface area contributed by atoms with Gasteiger partial charge < -0.3 is 9.47 Å². The fraction of sp³-hybridized carbons (Fsp3) is 0.0444. The minimum Gasteiger partial charge on any atom is -0.333 e. The fourth-order valence-corrected chi connectivity index (χ4v) is 7.93.